The number of esters is 1. The van der Waals surface area contributed by atoms with Crippen LogP contribution in [0.5, 0.6) is 0 Å². The van der Waals surface area contributed by atoms with Gasteiger partial charge in [0, 0.05) is 12.8 Å². The highest BCUT2D eigenvalue weighted by Gasteiger charge is 2.13. The van der Waals surface area contributed by atoms with E-state index in [2.05, 4.69) is 13.8 Å². The zero-order chi connectivity index (χ0) is 26.4. The quantitative estimate of drug-likeness (QED) is 0.0550. The van der Waals surface area contributed by atoms with Crippen molar-refractivity contribution in [3.63, 3.8) is 0 Å². The van der Waals surface area contributed by atoms with E-state index in [1.165, 1.54) is 141 Å². The van der Waals surface area contributed by atoms with Crippen molar-refractivity contribution in [1.29, 1.82) is 0 Å². The van der Waals surface area contributed by atoms with Crippen LogP contribution in [-0.2, 0) is 14.3 Å². The van der Waals surface area contributed by atoms with Crippen molar-refractivity contribution in [3.8, 4) is 0 Å². The number of rotatable bonds is 30. The van der Waals surface area contributed by atoms with Crippen LogP contribution in [0.4, 0.5) is 0 Å². The molecule has 0 aromatic carbocycles. The molecule has 0 aliphatic rings. The van der Waals surface area contributed by atoms with E-state index in [-0.39, 0.29) is 12.1 Å². The van der Waals surface area contributed by atoms with Gasteiger partial charge in [-0.05, 0) is 19.3 Å². The summed E-state index contributed by atoms with van der Waals surface area (Å²) in [5.74, 6) is -0.108. The van der Waals surface area contributed by atoms with E-state index in [0.29, 0.717) is 12.8 Å². The molecular formula is C33H64O3. The lowest BCUT2D eigenvalue weighted by molar-refractivity contribution is -0.150. The summed E-state index contributed by atoms with van der Waals surface area (Å²) in [6.07, 6.45) is 35.2. The van der Waals surface area contributed by atoms with E-state index in [4.69, 9.17) is 4.74 Å². The molecule has 0 bridgehead atoms. The van der Waals surface area contributed by atoms with Gasteiger partial charge in [-0.3, -0.25) is 4.79 Å². The summed E-state index contributed by atoms with van der Waals surface area (Å²) in [5.41, 5.74) is 0. The lowest BCUT2D eigenvalue weighted by Gasteiger charge is -2.15. The molecule has 0 saturated carbocycles. The first-order valence-electron chi connectivity index (χ1n) is 16.4. The standard InChI is InChI=1S/C33H64O3/c1-3-5-7-9-11-13-15-16-17-19-21-23-25-27-29-33(35)36-32(30-31-34)28-26-24-22-20-18-14-12-10-8-6-4-2/h31-32H,3-30H2,1-2H3. The van der Waals surface area contributed by atoms with Gasteiger partial charge in [-0.25, -0.2) is 0 Å². The molecule has 0 aliphatic carbocycles. The summed E-state index contributed by atoms with van der Waals surface area (Å²) in [5, 5.41) is 0. The van der Waals surface area contributed by atoms with Crippen LogP contribution >= 0.6 is 0 Å². The van der Waals surface area contributed by atoms with Crippen molar-refractivity contribution in [1.82, 2.24) is 0 Å². The molecule has 0 radical (unpaired) electrons. The average molecular weight is 509 g/mol. The van der Waals surface area contributed by atoms with Crippen LogP contribution in [0, 0.1) is 0 Å². The highest BCUT2D eigenvalue weighted by molar-refractivity contribution is 5.69. The second kappa shape index (κ2) is 30.4. The van der Waals surface area contributed by atoms with Crippen molar-refractivity contribution in [2.24, 2.45) is 0 Å². The molecule has 0 amide bonds. The maximum Gasteiger partial charge on any atom is 0.306 e. The lowest BCUT2D eigenvalue weighted by Crippen LogP contribution is -2.18. The van der Waals surface area contributed by atoms with Gasteiger partial charge in [-0.1, -0.05) is 162 Å². The smallest absolute Gasteiger partial charge is 0.306 e. The van der Waals surface area contributed by atoms with Crippen molar-refractivity contribution >= 4 is 12.3 Å². The Hall–Kier alpha value is -0.860. The Morgan fingerprint density at radius 3 is 1.22 bits per heavy atom. The molecule has 0 fully saturated rings. The SMILES string of the molecule is CCCCCCCCCCCCCCCCC(=O)OC(CC=O)CCCCCCCCCCCCC. The van der Waals surface area contributed by atoms with Crippen molar-refractivity contribution < 1.29 is 14.3 Å². The third kappa shape index (κ3) is 27.7. The molecule has 36 heavy (non-hydrogen) atoms. The third-order valence-corrected chi connectivity index (χ3v) is 7.52. The topological polar surface area (TPSA) is 43.4 Å². The molecular weight excluding hydrogens is 444 g/mol. The maximum atomic E-state index is 12.2. The van der Waals surface area contributed by atoms with Gasteiger partial charge in [0.25, 0.3) is 0 Å². The largest absolute Gasteiger partial charge is 0.462 e. The molecule has 0 aliphatic heterocycles. The van der Waals surface area contributed by atoms with Gasteiger partial charge in [0.1, 0.15) is 12.4 Å². The number of carbonyl (C=O) groups is 2. The van der Waals surface area contributed by atoms with E-state index in [9.17, 15) is 9.59 Å². The van der Waals surface area contributed by atoms with E-state index < -0.39 is 0 Å². The second-order valence-corrected chi connectivity index (χ2v) is 11.2. The van der Waals surface area contributed by atoms with E-state index in [1.54, 1.807) is 0 Å². The van der Waals surface area contributed by atoms with E-state index in [0.717, 1.165) is 32.0 Å². The van der Waals surface area contributed by atoms with Crippen LogP contribution in [0.3, 0.4) is 0 Å². The van der Waals surface area contributed by atoms with Gasteiger partial charge in [0.2, 0.25) is 0 Å². The van der Waals surface area contributed by atoms with Gasteiger partial charge >= 0.3 is 5.97 Å². The van der Waals surface area contributed by atoms with Crippen LogP contribution in [0.25, 0.3) is 0 Å². The summed E-state index contributed by atoms with van der Waals surface area (Å²) in [4.78, 5) is 23.2. The Morgan fingerprint density at radius 2 is 0.861 bits per heavy atom. The number of aldehydes is 1. The molecule has 3 heteroatoms. The van der Waals surface area contributed by atoms with Crippen molar-refractivity contribution in [2.45, 2.75) is 200 Å². The predicted molar refractivity (Wildman–Crippen MR) is 157 cm³/mol. The average Bonchev–Trinajstić information content (AvgIpc) is 2.87. The molecule has 1 unspecified atom stereocenters. The van der Waals surface area contributed by atoms with E-state index >= 15 is 0 Å². The van der Waals surface area contributed by atoms with Crippen LogP contribution in [0.1, 0.15) is 194 Å². The minimum Gasteiger partial charge on any atom is -0.462 e. The molecule has 1 atom stereocenters. The number of hydrogen-bond acceptors (Lipinski definition) is 3. The minimum absolute atomic E-state index is 0.108. The van der Waals surface area contributed by atoms with Crippen molar-refractivity contribution in [3.05, 3.63) is 0 Å². The number of unbranched alkanes of at least 4 members (excludes halogenated alkanes) is 23. The van der Waals surface area contributed by atoms with Gasteiger partial charge in [-0.15, -0.1) is 0 Å². The molecule has 0 aromatic rings. The fourth-order valence-electron chi connectivity index (χ4n) is 5.08. The number of carbonyl (C=O) groups excluding carboxylic acids is 2. The van der Waals surface area contributed by atoms with Crippen LogP contribution in [0.15, 0.2) is 0 Å². The highest BCUT2D eigenvalue weighted by atomic mass is 16.5. The monoisotopic (exact) mass is 508 g/mol. The summed E-state index contributed by atoms with van der Waals surface area (Å²) in [6, 6.07) is 0. The summed E-state index contributed by atoms with van der Waals surface area (Å²) < 4.78 is 5.63. The second-order valence-electron chi connectivity index (χ2n) is 11.2. The first kappa shape index (κ1) is 35.1. The summed E-state index contributed by atoms with van der Waals surface area (Å²) >= 11 is 0. The Labute approximate surface area is 226 Å². The summed E-state index contributed by atoms with van der Waals surface area (Å²) in [6.45, 7) is 4.54. The molecule has 0 rings (SSSR count). The van der Waals surface area contributed by atoms with Gasteiger partial charge in [0.15, 0.2) is 0 Å². The Balaban J connectivity index is 3.53. The van der Waals surface area contributed by atoms with Gasteiger partial charge in [0.05, 0.1) is 0 Å². The zero-order valence-electron chi connectivity index (χ0n) is 24.7. The molecule has 0 N–H and O–H groups in total. The summed E-state index contributed by atoms with van der Waals surface area (Å²) in [7, 11) is 0. The number of ether oxygens (including phenoxy) is 1. The van der Waals surface area contributed by atoms with E-state index in [1.807, 2.05) is 0 Å². The molecule has 0 spiro atoms. The Bertz CT molecular complexity index is 448. The molecule has 0 saturated heterocycles. The predicted octanol–water partition coefficient (Wildman–Crippen LogP) is 11.1. The normalized spacial score (nSPS) is 12.1. The number of hydrogen-bond donors (Lipinski definition) is 0. The van der Waals surface area contributed by atoms with Gasteiger partial charge < -0.3 is 9.53 Å². The lowest BCUT2D eigenvalue weighted by atomic mass is 10.0. The first-order chi connectivity index (χ1) is 17.7. The Morgan fingerprint density at radius 1 is 0.528 bits per heavy atom. The van der Waals surface area contributed by atoms with Gasteiger partial charge in [-0.2, -0.15) is 0 Å². The van der Waals surface area contributed by atoms with Crippen LogP contribution in [-0.4, -0.2) is 18.4 Å². The highest BCUT2D eigenvalue weighted by Crippen LogP contribution is 2.16. The van der Waals surface area contributed by atoms with Crippen molar-refractivity contribution in [2.75, 3.05) is 0 Å². The molecule has 0 heterocycles. The first-order valence-corrected chi connectivity index (χ1v) is 16.4. The third-order valence-electron chi connectivity index (χ3n) is 7.52. The maximum absolute atomic E-state index is 12.2. The molecule has 214 valence electrons. The fourth-order valence-corrected chi connectivity index (χ4v) is 5.08. The fraction of sp³-hybridized carbons (Fsp3) is 0.939. The molecule has 0 aromatic heterocycles. The van der Waals surface area contributed by atoms with Crippen LogP contribution in [0.2, 0.25) is 0 Å². The minimum atomic E-state index is -0.208. The zero-order valence-corrected chi connectivity index (χ0v) is 24.7. The molecule has 3 nitrogen and oxygen atoms in total. The Kier molecular flexibility index (Phi) is 29.6. The van der Waals surface area contributed by atoms with Crippen LogP contribution < -0.4 is 0 Å².